The molecule has 0 heterocycles. The van der Waals surface area contributed by atoms with Crippen molar-refractivity contribution in [2.75, 3.05) is 18.2 Å². The Morgan fingerprint density at radius 3 is 2.70 bits per heavy atom. The van der Waals surface area contributed by atoms with Gasteiger partial charge in [0.05, 0.1) is 18.4 Å². The van der Waals surface area contributed by atoms with Gasteiger partial charge in [-0.25, -0.2) is 4.39 Å². The lowest BCUT2D eigenvalue weighted by Gasteiger charge is -2.11. The van der Waals surface area contributed by atoms with Crippen molar-refractivity contribution in [3.05, 3.63) is 47.8 Å². The lowest BCUT2D eigenvalue weighted by atomic mass is 10.1. The molecule has 2 rings (SSSR count). The number of halogens is 1. The molecule has 4 N–H and O–H groups in total. The number of carbonyl (C=O) groups excluding carboxylic acids is 1. The number of ether oxygens (including phenoxy) is 1. The smallest absolute Gasteiger partial charge is 0.258 e. The summed E-state index contributed by atoms with van der Waals surface area (Å²) in [6, 6.07) is 8.00. The second-order valence-electron chi connectivity index (χ2n) is 4.08. The quantitative estimate of drug-likeness (QED) is 0.751. The summed E-state index contributed by atoms with van der Waals surface area (Å²) >= 11 is 0. The van der Waals surface area contributed by atoms with Crippen LogP contribution in [0, 0.1) is 5.82 Å². The van der Waals surface area contributed by atoms with Gasteiger partial charge in [0.15, 0.2) is 0 Å². The molecular weight excluding hydrogens is 263 g/mol. The number of hydrogen-bond acceptors (Lipinski definition) is 4. The monoisotopic (exact) mass is 276 g/mol. The lowest BCUT2D eigenvalue weighted by Crippen LogP contribution is -2.14. The van der Waals surface area contributed by atoms with Crippen molar-refractivity contribution in [2.45, 2.75) is 0 Å². The molecule has 0 fully saturated rings. The topological polar surface area (TPSA) is 84.6 Å². The zero-order valence-electron chi connectivity index (χ0n) is 10.7. The molecule has 0 atom stereocenters. The van der Waals surface area contributed by atoms with Gasteiger partial charge in [0.25, 0.3) is 5.91 Å². The predicted molar refractivity (Wildman–Crippen MR) is 73.4 cm³/mol. The fraction of sp³-hybridized carbons (Fsp3) is 0.0714. The van der Waals surface area contributed by atoms with Crippen LogP contribution >= 0.6 is 0 Å². The van der Waals surface area contributed by atoms with Crippen LogP contribution in [0.5, 0.6) is 11.5 Å². The maximum Gasteiger partial charge on any atom is 0.258 e. The Morgan fingerprint density at radius 2 is 2.05 bits per heavy atom. The van der Waals surface area contributed by atoms with E-state index in [4.69, 9.17) is 15.6 Å². The minimum atomic E-state index is -0.808. The Balaban J connectivity index is 2.28. The summed E-state index contributed by atoms with van der Waals surface area (Å²) in [7, 11) is 1.44. The number of methoxy groups -OCH3 is 1. The first kappa shape index (κ1) is 13.7. The number of rotatable bonds is 3. The Labute approximate surface area is 114 Å². The predicted octanol–water partition coefficient (Wildman–Crippen LogP) is 2.37. The van der Waals surface area contributed by atoms with Gasteiger partial charge < -0.3 is 20.9 Å². The van der Waals surface area contributed by atoms with Gasteiger partial charge in [0, 0.05) is 17.8 Å². The summed E-state index contributed by atoms with van der Waals surface area (Å²) in [5, 5.41) is 11.6. The number of benzene rings is 2. The molecule has 0 spiro atoms. The van der Waals surface area contributed by atoms with Crippen LogP contribution in [0.25, 0.3) is 0 Å². The molecule has 0 saturated carbocycles. The molecule has 0 aliphatic rings. The van der Waals surface area contributed by atoms with Gasteiger partial charge >= 0.3 is 0 Å². The second-order valence-corrected chi connectivity index (χ2v) is 4.08. The average Bonchev–Trinajstić information content (AvgIpc) is 2.40. The summed E-state index contributed by atoms with van der Waals surface area (Å²) in [4.78, 5) is 12.0. The minimum absolute atomic E-state index is 0.179. The Kier molecular flexibility index (Phi) is 3.74. The molecule has 0 aliphatic heterocycles. The van der Waals surface area contributed by atoms with Crippen LogP contribution < -0.4 is 15.8 Å². The van der Waals surface area contributed by atoms with Crippen molar-refractivity contribution in [1.82, 2.24) is 0 Å². The third-order valence-corrected chi connectivity index (χ3v) is 2.67. The van der Waals surface area contributed by atoms with Crippen LogP contribution in [0.2, 0.25) is 0 Å². The fourth-order valence-electron chi connectivity index (χ4n) is 1.69. The fourth-order valence-corrected chi connectivity index (χ4v) is 1.69. The van der Waals surface area contributed by atoms with E-state index in [0.29, 0.717) is 17.1 Å². The summed E-state index contributed by atoms with van der Waals surface area (Å²) in [5.74, 6) is -1.33. The first-order valence-corrected chi connectivity index (χ1v) is 5.74. The molecule has 0 aliphatic carbocycles. The highest BCUT2D eigenvalue weighted by molar-refractivity contribution is 6.05. The Bertz CT molecular complexity index is 659. The molecular formula is C14H13FN2O3. The number of nitrogen functional groups attached to an aromatic ring is 1. The molecule has 20 heavy (non-hydrogen) atoms. The van der Waals surface area contributed by atoms with Crippen molar-refractivity contribution in [3.8, 4) is 11.5 Å². The molecule has 0 radical (unpaired) electrons. The summed E-state index contributed by atoms with van der Waals surface area (Å²) < 4.78 is 18.7. The highest BCUT2D eigenvalue weighted by atomic mass is 19.1. The Morgan fingerprint density at radius 1 is 1.30 bits per heavy atom. The van der Waals surface area contributed by atoms with E-state index in [1.807, 2.05) is 0 Å². The molecule has 104 valence electrons. The maximum absolute atomic E-state index is 13.6. The van der Waals surface area contributed by atoms with Gasteiger partial charge in [0.1, 0.15) is 17.3 Å². The van der Waals surface area contributed by atoms with Crippen molar-refractivity contribution in [2.24, 2.45) is 0 Å². The highest BCUT2D eigenvalue weighted by Crippen LogP contribution is 2.27. The van der Waals surface area contributed by atoms with Gasteiger partial charge in [-0.3, -0.25) is 4.79 Å². The number of aromatic hydroxyl groups is 1. The molecule has 6 heteroatoms. The van der Waals surface area contributed by atoms with E-state index in [0.717, 1.165) is 6.07 Å². The van der Waals surface area contributed by atoms with Crippen LogP contribution in [0.15, 0.2) is 36.4 Å². The van der Waals surface area contributed by atoms with Gasteiger partial charge in [-0.2, -0.15) is 0 Å². The van der Waals surface area contributed by atoms with Crippen LogP contribution in [-0.2, 0) is 0 Å². The minimum Gasteiger partial charge on any atom is -0.508 e. The average molecular weight is 276 g/mol. The van der Waals surface area contributed by atoms with E-state index in [1.165, 1.54) is 19.2 Å². The maximum atomic E-state index is 13.6. The first-order valence-electron chi connectivity index (χ1n) is 5.74. The molecule has 0 unspecified atom stereocenters. The first-order chi connectivity index (χ1) is 9.51. The standard InChI is InChI=1S/C14H13FN2O3/c1-20-13-6-8(16)2-5-12(13)17-14(19)10-4-3-9(18)7-11(10)15/h2-7,18H,16H2,1H3,(H,17,19). The SMILES string of the molecule is COc1cc(N)ccc1NC(=O)c1ccc(O)cc1F. The van der Waals surface area contributed by atoms with E-state index < -0.39 is 11.7 Å². The largest absolute Gasteiger partial charge is 0.508 e. The molecule has 0 saturated heterocycles. The van der Waals surface area contributed by atoms with Crippen molar-refractivity contribution >= 4 is 17.3 Å². The van der Waals surface area contributed by atoms with E-state index in [9.17, 15) is 9.18 Å². The van der Waals surface area contributed by atoms with Gasteiger partial charge in [0.2, 0.25) is 0 Å². The van der Waals surface area contributed by atoms with Crippen molar-refractivity contribution in [3.63, 3.8) is 0 Å². The van der Waals surface area contributed by atoms with Gasteiger partial charge in [-0.1, -0.05) is 0 Å². The zero-order valence-corrected chi connectivity index (χ0v) is 10.7. The molecule has 2 aromatic rings. The third kappa shape index (κ3) is 2.80. The van der Waals surface area contributed by atoms with E-state index in [-0.39, 0.29) is 11.3 Å². The number of nitrogens with two attached hydrogens (primary N) is 1. The van der Waals surface area contributed by atoms with Crippen LogP contribution in [0.4, 0.5) is 15.8 Å². The second kappa shape index (κ2) is 5.48. The summed E-state index contributed by atoms with van der Waals surface area (Å²) in [5.41, 5.74) is 6.28. The number of amides is 1. The van der Waals surface area contributed by atoms with E-state index >= 15 is 0 Å². The number of phenolic OH excluding ortho intramolecular Hbond substituents is 1. The molecule has 2 aromatic carbocycles. The number of anilines is 2. The summed E-state index contributed by atoms with van der Waals surface area (Å²) in [6.07, 6.45) is 0. The Hall–Kier alpha value is -2.76. The molecule has 0 aromatic heterocycles. The third-order valence-electron chi connectivity index (χ3n) is 2.67. The van der Waals surface area contributed by atoms with Crippen molar-refractivity contribution < 1.29 is 19.0 Å². The van der Waals surface area contributed by atoms with Crippen LogP contribution in [-0.4, -0.2) is 18.1 Å². The van der Waals surface area contributed by atoms with Crippen LogP contribution in [0.3, 0.4) is 0 Å². The lowest BCUT2D eigenvalue weighted by molar-refractivity contribution is 0.102. The number of phenols is 1. The molecule has 1 amide bonds. The van der Waals surface area contributed by atoms with Gasteiger partial charge in [-0.05, 0) is 24.3 Å². The number of carbonyl (C=O) groups is 1. The normalized spacial score (nSPS) is 10.1. The zero-order chi connectivity index (χ0) is 14.7. The number of hydrogen-bond donors (Lipinski definition) is 3. The molecule has 0 bridgehead atoms. The van der Waals surface area contributed by atoms with Crippen LogP contribution in [0.1, 0.15) is 10.4 Å². The number of nitrogens with one attached hydrogen (secondary N) is 1. The van der Waals surface area contributed by atoms with Gasteiger partial charge in [-0.15, -0.1) is 0 Å². The van der Waals surface area contributed by atoms with E-state index in [1.54, 1.807) is 18.2 Å². The molecule has 5 nitrogen and oxygen atoms in total. The van der Waals surface area contributed by atoms with Crippen molar-refractivity contribution in [1.29, 1.82) is 0 Å². The van der Waals surface area contributed by atoms with E-state index in [2.05, 4.69) is 5.32 Å². The summed E-state index contributed by atoms with van der Waals surface area (Å²) in [6.45, 7) is 0. The highest BCUT2D eigenvalue weighted by Gasteiger charge is 2.14.